The zero-order chi connectivity index (χ0) is 11.8. The molecule has 1 nitrogen and oxygen atoms in total. The first-order valence-corrected chi connectivity index (χ1v) is 6.54. The van der Waals surface area contributed by atoms with Crippen molar-refractivity contribution >= 4 is 5.71 Å². The first-order valence-electron chi connectivity index (χ1n) is 6.54. The topological polar surface area (TPSA) is 23.9 Å². The molecule has 0 rings (SSSR count). The fourth-order valence-electron chi connectivity index (χ4n) is 2.10. The molecule has 1 N–H and O–H groups in total. The minimum Gasteiger partial charge on any atom is -0.310 e. The number of nitrogens with one attached hydrogen (secondary N) is 1. The Kier molecular flexibility index (Phi) is 7.72. The van der Waals surface area contributed by atoms with Gasteiger partial charge in [-0.3, -0.25) is 0 Å². The van der Waals surface area contributed by atoms with Crippen LogP contribution in [0.25, 0.3) is 0 Å². The van der Waals surface area contributed by atoms with E-state index in [1.165, 1.54) is 32.1 Å². The zero-order valence-corrected chi connectivity index (χ0v) is 11.3. The summed E-state index contributed by atoms with van der Waals surface area (Å²) >= 11 is 0. The predicted molar refractivity (Wildman–Crippen MR) is 69.7 cm³/mol. The summed E-state index contributed by atoms with van der Waals surface area (Å²) in [6.07, 6.45) is 6.66. The summed E-state index contributed by atoms with van der Waals surface area (Å²) in [4.78, 5) is 0. The standard InChI is InChI=1S/C14H29N/c1-6-8-11(2)9-7-10-12(3)13(4)14(5)15/h11-13,15H,6-10H2,1-5H3. The van der Waals surface area contributed by atoms with E-state index in [2.05, 4.69) is 27.7 Å². The molecule has 1 heteroatoms. The van der Waals surface area contributed by atoms with Gasteiger partial charge < -0.3 is 5.41 Å². The summed E-state index contributed by atoms with van der Waals surface area (Å²) in [5, 5.41) is 7.62. The quantitative estimate of drug-likeness (QED) is 0.552. The maximum Gasteiger partial charge on any atom is 0.00890 e. The van der Waals surface area contributed by atoms with Crippen LogP contribution in [-0.2, 0) is 0 Å². The lowest BCUT2D eigenvalue weighted by Gasteiger charge is -2.19. The van der Waals surface area contributed by atoms with E-state index in [0.29, 0.717) is 11.8 Å². The molecule has 0 saturated heterocycles. The van der Waals surface area contributed by atoms with Gasteiger partial charge in [-0.1, -0.05) is 59.8 Å². The maximum absolute atomic E-state index is 7.62. The van der Waals surface area contributed by atoms with Crippen molar-refractivity contribution in [3.63, 3.8) is 0 Å². The molecule has 0 aromatic rings. The Hall–Kier alpha value is -0.330. The smallest absolute Gasteiger partial charge is 0.00890 e. The molecule has 0 aliphatic heterocycles. The molecule has 0 radical (unpaired) electrons. The van der Waals surface area contributed by atoms with Gasteiger partial charge in [-0.2, -0.15) is 0 Å². The van der Waals surface area contributed by atoms with Crippen molar-refractivity contribution in [2.45, 2.75) is 66.7 Å². The fourth-order valence-corrected chi connectivity index (χ4v) is 2.10. The summed E-state index contributed by atoms with van der Waals surface area (Å²) in [5.74, 6) is 2.03. The van der Waals surface area contributed by atoms with Crippen molar-refractivity contribution in [3.05, 3.63) is 0 Å². The highest BCUT2D eigenvalue weighted by Crippen LogP contribution is 2.21. The molecule has 0 aromatic heterocycles. The van der Waals surface area contributed by atoms with Crippen LogP contribution >= 0.6 is 0 Å². The molecule has 0 bridgehead atoms. The van der Waals surface area contributed by atoms with Crippen molar-refractivity contribution in [3.8, 4) is 0 Å². The molecule has 0 aliphatic carbocycles. The van der Waals surface area contributed by atoms with Gasteiger partial charge in [0.25, 0.3) is 0 Å². The molecule has 3 atom stereocenters. The van der Waals surface area contributed by atoms with E-state index in [1.807, 2.05) is 6.92 Å². The molecule has 0 aliphatic rings. The van der Waals surface area contributed by atoms with Crippen molar-refractivity contribution in [2.24, 2.45) is 17.8 Å². The average Bonchev–Trinajstić information content (AvgIpc) is 2.16. The van der Waals surface area contributed by atoms with Crippen molar-refractivity contribution in [1.29, 1.82) is 5.41 Å². The highest BCUT2D eigenvalue weighted by atomic mass is 14.4. The Morgan fingerprint density at radius 3 is 2.13 bits per heavy atom. The van der Waals surface area contributed by atoms with E-state index in [4.69, 9.17) is 5.41 Å². The first-order chi connectivity index (χ1) is 6.99. The van der Waals surface area contributed by atoms with E-state index >= 15 is 0 Å². The molecule has 0 saturated carbocycles. The average molecular weight is 211 g/mol. The number of hydrogen-bond donors (Lipinski definition) is 1. The first kappa shape index (κ1) is 14.7. The van der Waals surface area contributed by atoms with Gasteiger partial charge in [0, 0.05) is 5.71 Å². The van der Waals surface area contributed by atoms with Crippen LogP contribution in [0.15, 0.2) is 0 Å². The SMILES string of the molecule is CCCC(C)CCCC(C)C(C)C(C)=N. The summed E-state index contributed by atoms with van der Waals surface area (Å²) in [7, 11) is 0. The Morgan fingerprint density at radius 2 is 1.67 bits per heavy atom. The van der Waals surface area contributed by atoms with E-state index in [0.717, 1.165) is 11.6 Å². The van der Waals surface area contributed by atoms with Crippen LogP contribution < -0.4 is 0 Å². The maximum atomic E-state index is 7.62. The molecule has 3 unspecified atom stereocenters. The van der Waals surface area contributed by atoms with Crippen molar-refractivity contribution in [1.82, 2.24) is 0 Å². The van der Waals surface area contributed by atoms with E-state index in [9.17, 15) is 0 Å². The Balaban J connectivity index is 3.62. The van der Waals surface area contributed by atoms with E-state index < -0.39 is 0 Å². The molecular formula is C14H29N. The number of hydrogen-bond acceptors (Lipinski definition) is 1. The third-order valence-corrected chi connectivity index (χ3v) is 3.67. The molecule has 15 heavy (non-hydrogen) atoms. The molecule has 0 fully saturated rings. The van der Waals surface area contributed by atoms with Gasteiger partial charge in [0.1, 0.15) is 0 Å². The van der Waals surface area contributed by atoms with E-state index in [-0.39, 0.29) is 0 Å². The van der Waals surface area contributed by atoms with Crippen LogP contribution in [-0.4, -0.2) is 5.71 Å². The highest BCUT2D eigenvalue weighted by molar-refractivity contribution is 5.81. The molecule has 0 spiro atoms. The van der Waals surface area contributed by atoms with Gasteiger partial charge in [0.15, 0.2) is 0 Å². The van der Waals surface area contributed by atoms with Gasteiger partial charge >= 0.3 is 0 Å². The van der Waals surface area contributed by atoms with Crippen molar-refractivity contribution < 1.29 is 0 Å². The van der Waals surface area contributed by atoms with Crippen LogP contribution in [0.3, 0.4) is 0 Å². The van der Waals surface area contributed by atoms with Crippen molar-refractivity contribution in [2.75, 3.05) is 0 Å². The minimum absolute atomic E-state index is 0.464. The molecule has 90 valence electrons. The lowest BCUT2D eigenvalue weighted by molar-refractivity contribution is 0.388. The minimum atomic E-state index is 0.464. The zero-order valence-electron chi connectivity index (χ0n) is 11.3. The van der Waals surface area contributed by atoms with E-state index in [1.54, 1.807) is 0 Å². The molecule has 0 heterocycles. The summed E-state index contributed by atoms with van der Waals surface area (Å²) in [6.45, 7) is 11.0. The monoisotopic (exact) mass is 211 g/mol. The van der Waals surface area contributed by atoms with Crippen LogP contribution in [0.2, 0.25) is 0 Å². The fraction of sp³-hybridized carbons (Fsp3) is 0.929. The van der Waals surface area contributed by atoms with Crippen LogP contribution in [0, 0.1) is 23.2 Å². The summed E-state index contributed by atoms with van der Waals surface area (Å²) in [5.41, 5.74) is 0.837. The largest absolute Gasteiger partial charge is 0.310 e. The van der Waals surface area contributed by atoms with Crippen LogP contribution in [0.5, 0.6) is 0 Å². The van der Waals surface area contributed by atoms with Gasteiger partial charge in [0.05, 0.1) is 0 Å². The second kappa shape index (κ2) is 7.90. The van der Waals surface area contributed by atoms with Crippen LogP contribution in [0.1, 0.15) is 66.7 Å². The third kappa shape index (κ3) is 6.70. The molecule has 0 aromatic carbocycles. The summed E-state index contributed by atoms with van der Waals surface area (Å²) < 4.78 is 0. The van der Waals surface area contributed by atoms with Gasteiger partial charge in [-0.25, -0.2) is 0 Å². The lowest BCUT2D eigenvalue weighted by Crippen LogP contribution is -2.15. The Morgan fingerprint density at radius 1 is 1.07 bits per heavy atom. The Labute approximate surface area is 96.2 Å². The summed E-state index contributed by atoms with van der Waals surface area (Å²) in [6, 6.07) is 0. The predicted octanol–water partition coefficient (Wildman–Crippen LogP) is 4.90. The van der Waals surface area contributed by atoms with Gasteiger partial charge in [0.2, 0.25) is 0 Å². The van der Waals surface area contributed by atoms with Gasteiger partial charge in [-0.15, -0.1) is 0 Å². The number of rotatable bonds is 8. The van der Waals surface area contributed by atoms with Crippen LogP contribution in [0.4, 0.5) is 0 Å². The second-order valence-electron chi connectivity index (χ2n) is 5.27. The second-order valence-corrected chi connectivity index (χ2v) is 5.27. The molecule has 0 amide bonds. The molecular weight excluding hydrogens is 182 g/mol. The highest BCUT2D eigenvalue weighted by Gasteiger charge is 2.13. The lowest BCUT2D eigenvalue weighted by atomic mass is 9.86. The normalized spacial score (nSPS) is 17.1. The third-order valence-electron chi connectivity index (χ3n) is 3.67. The Bertz CT molecular complexity index is 174. The van der Waals surface area contributed by atoms with Gasteiger partial charge in [-0.05, 0) is 24.7 Å².